The number of pyridine rings is 1. The summed E-state index contributed by atoms with van der Waals surface area (Å²) in [6, 6.07) is 17.6. The van der Waals surface area contributed by atoms with Crippen molar-refractivity contribution in [3.05, 3.63) is 84.2 Å². The molecule has 0 aliphatic heterocycles. The number of benzene rings is 2. The van der Waals surface area contributed by atoms with Crippen LogP contribution < -0.4 is 14.8 Å². The molecule has 0 bridgehead atoms. The van der Waals surface area contributed by atoms with Crippen LogP contribution in [0.3, 0.4) is 0 Å². The van der Waals surface area contributed by atoms with Crippen molar-refractivity contribution in [1.82, 2.24) is 9.88 Å². The van der Waals surface area contributed by atoms with Crippen LogP contribution in [0, 0.1) is 0 Å². The molecule has 0 aliphatic rings. The fraction of sp³-hybridized carbons (Fsp3) is 0.174. The number of nitrogens with zero attached hydrogens (tertiary/aromatic N) is 2. The number of hydrogen-bond acceptors (Lipinski definition) is 5. The van der Waals surface area contributed by atoms with Crippen LogP contribution in [0.5, 0.6) is 11.5 Å². The molecule has 0 unspecified atom stereocenters. The molecule has 0 radical (unpaired) electrons. The molecule has 1 aromatic heterocycles. The molecule has 3 aromatic rings. The average molecular weight is 405 g/mol. The lowest BCUT2D eigenvalue weighted by Crippen LogP contribution is -2.27. The first-order valence-corrected chi connectivity index (χ1v) is 9.37. The summed E-state index contributed by atoms with van der Waals surface area (Å²) in [7, 11) is 3.31. The van der Waals surface area contributed by atoms with Gasteiger partial charge in [-0.2, -0.15) is 0 Å². The molecule has 30 heavy (non-hydrogen) atoms. The minimum atomic E-state index is -0.288. The van der Waals surface area contributed by atoms with Crippen molar-refractivity contribution in [2.24, 2.45) is 0 Å². The third-order valence-electron chi connectivity index (χ3n) is 4.18. The van der Waals surface area contributed by atoms with E-state index in [0.29, 0.717) is 29.4 Å². The van der Waals surface area contributed by atoms with Crippen molar-refractivity contribution in [2.45, 2.75) is 6.61 Å². The van der Waals surface area contributed by atoms with Crippen molar-refractivity contribution < 1.29 is 19.1 Å². The van der Waals surface area contributed by atoms with Gasteiger partial charge in [0.2, 0.25) is 0 Å². The molecule has 0 atom stereocenters. The minimum Gasteiger partial charge on any atom is -0.489 e. The van der Waals surface area contributed by atoms with Crippen molar-refractivity contribution in [2.75, 3.05) is 26.0 Å². The molecule has 0 spiro atoms. The van der Waals surface area contributed by atoms with Gasteiger partial charge in [0.05, 0.1) is 0 Å². The zero-order chi connectivity index (χ0) is 21.3. The number of carbonyl (C=O) groups is 2. The Morgan fingerprint density at radius 3 is 2.47 bits per heavy atom. The highest BCUT2D eigenvalue weighted by Gasteiger charge is 2.10. The number of aromatic nitrogens is 1. The number of carbonyl (C=O) groups excluding carboxylic acids is 2. The Hall–Kier alpha value is -3.87. The van der Waals surface area contributed by atoms with Crippen LogP contribution in [0.1, 0.15) is 15.9 Å². The number of rotatable bonds is 8. The number of hydrogen-bond donors (Lipinski definition) is 1. The van der Waals surface area contributed by atoms with Crippen LogP contribution in [0.25, 0.3) is 0 Å². The first-order valence-electron chi connectivity index (χ1n) is 9.37. The van der Waals surface area contributed by atoms with Crippen LogP contribution in [0.2, 0.25) is 0 Å². The van der Waals surface area contributed by atoms with Crippen molar-refractivity contribution in [1.29, 1.82) is 0 Å². The third kappa shape index (κ3) is 6.07. The Bertz CT molecular complexity index is 1010. The summed E-state index contributed by atoms with van der Waals surface area (Å²) in [4.78, 5) is 29.8. The van der Waals surface area contributed by atoms with E-state index in [9.17, 15) is 9.59 Å². The Labute approximate surface area is 175 Å². The van der Waals surface area contributed by atoms with E-state index < -0.39 is 0 Å². The first kappa shape index (κ1) is 20.9. The van der Waals surface area contributed by atoms with Gasteiger partial charge in [-0.05, 0) is 36.4 Å². The van der Waals surface area contributed by atoms with Crippen molar-refractivity contribution >= 4 is 17.5 Å². The molecular formula is C23H23N3O4. The van der Waals surface area contributed by atoms with E-state index in [-0.39, 0.29) is 18.4 Å². The number of likely N-dealkylation sites (N-methyl/N-ethyl adjacent to an activating group) is 1. The molecule has 2 amide bonds. The van der Waals surface area contributed by atoms with Gasteiger partial charge in [0, 0.05) is 49.4 Å². The Kier molecular flexibility index (Phi) is 7.00. The molecule has 7 heteroatoms. The fourth-order valence-corrected chi connectivity index (χ4v) is 2.52. The SMILES string of the molecule is CN(C)C(=O)COc1cccc(C(=O)Nc2cccc(OCc3cccnc3)c2)c1. The van der Waals surface area contributed by atoms with Crippen LogP contribution in [0.15, 0.2) is 73.1 Å². The Morgan fingerprint density at radius 1 is 0.967 bits per heavy atom. The van der Waals surface area contributed by atoms with E-state index in [1.807, 2.05) is 18.2 Å². The molecule has 7 nitrogen and oxygen atoms in total. The predicted octanol–water partition coefficient (Wildman–Crippen LogP) is 3.38. The maximum Gasteiger partial charge on any atom is 0.259 e. The maximum absolute atomic E-state index is 12.6. The van der Waals surface area contributed by atoms with Gasteiger partial charge in [-0.25, -0.2) is 0 Å². The van der Waals surface area contributed by atoms with Crippen molar-refractivity contribution in [3.8, 4) is 11.5 Å². The van der Waals surface area contributed by atoms with Gasteiger partial charge in [0.15, 0.2) is 6.61 Å². The molecule has 3 rings (SSSR count). The second kappa shape index (κ2) is 10.1. The third-order valence-corrected chi connectivity index (χ3v) is 4.18. The monoisotopic (exact) mass is 405 g/mol. The maximum atomic E-state index is 12.6. The van der Waals surface area contributed by atoms with Gasteiger partial charge in [0.1, 0.15) is 18.1 Å². The van der Waals surface area contributed by atoms with Crippen LogP contribution in [-0.2, 0) is 11.4 Å². The van der Waals surface area contributed by atoms with E-state index >= 15 is 0 Å². The molecule has 0 fully saturated rings. The van der Waals surface area contributed by atoms with Gasteiger partial charge in [-0.3, -0.25) is 14.6 Å². The quantitative estimate of drug-likeness (QED) is 0.621. The highest BCUT2D eigenvalue weighted by molar-refractivity contribution is 6.04. The van der Waals surface area contributed by atoms with Crippen molar-refractivity contribution in [3.63, 3.8) is 0 Å². The zero-order valence-corrected chi connectivity index (χ0v) is 16.9. The van der Waals surface area contributed by atoms with Gasteiger partial charge in [0.25, 0.3) is 11.8 Å². The summed E-state index contributed by atoms with van der Waals surface area (Å²) in [5.41, 5.74) is 1.99. The van der Waals surface area contributed by atoms with Crippen LogP contribution in [-0.4, -0.2) is 42.4 Å². The normalized spacial score (nSPS) is 10.2. The number of nitrogens with one attached hydrogen (secondary N) is 1. The van der Waals surface area contributed by atoms with E-state index in [0.717, 1.165) is 5.56 Å². The molecule has 0 saturated heterocycles. The molecule has 0 aliphatic carbocycles. The average Bonchev–Trinajstić information content (AvgIpc) is 2.77. The summed E-state index contributed by atoms with van der Waals surface area (Å²) >= 11 is 0. The smallest absolute Gasteiger partial charge is 0.259 e. The molecular weight excluding hydrogens is 382 g/mol. The molecule has 0 saturated carbocycles. The highest BCUT2D eigenvalue weighted by atomic mass is 16.5. The summed E-state index contributed by atoms with van der Waals surface area (Å²) in [5, 5.41) is 2.85. The highest BCUT2D eigenvalue weighted by Crippen LogP contribution is 2.20. The second-order valence-electron chi connectivity index (χ2n) is 6.74. The fourth-order valence-electron chi connectivity index (χ4n) is 2.52. The second-order valence-corrected chi connectivity index (χ2v) is 6.74. The standard InChI is InChI=1S/C23H23N3O4/c1-26(2)22(27)16-30-20-9-3-7-18(12-20)23(28)25-19-8-4-10-21(13-19)29-15-17-6-5-11-24-14-17/h3-14H,15-16H2,1-2H3,(H,25,28). The van der Waals surface area contributed by atoms with Crippen LogP contribution >= 0.6 is 0 Å². The molecule has 1 heterocycles. The first-order chi connectivity index (χ1) is 14.5. The minimum absolute atomic E-state index is 0.0889. The number of amides is 2. The van der Waals surface area contributed by atoms with Crippen LogP contribution in [0.4, 0.5) is 5.69 Å². The lowest BCUT2D eigenvalue weighted by Gasteiger charge is -2.12. The Balaban J connectivity index is 1.60. The molecule has 154 valence electrons. The van der Waals surface area contributed by atoms with E-state index in [1.54, 1.807) is 69.0 Å². The lowest BCUT2D eigenvalue weighted by molar-refractivity contribution is -0.130. The Morgan fingerprint density at radius 2 is 1.73 bits per heavy atom. The van der Waals surface area contributed by atoms with Gasteiger partial charge in [-0.1, -0.05) is 18.2 Å². The zero-order valence-electron chi connectivity index (χ0n) is 16.9. The summed E-state index contributed by atoms with van der Waals surface area (Å²) < 4.78 is 11.2. The van der Waals surface area contributed by atoms with E-state index in [4.69, 9.17) is 9.47 Å². The van der Waals surface area contributed by atoms with Gasteiger partial charge in [-0.15, -0.1) is 0 Å². The topological polar surface area (TPSA) is 80.8 Å². The van der Waals surface area contributed by atoms with Gasteiger partial charge >= 0.3 is 0 Å². The van der Waals surface area contributed by atoms with E-state index in [2.05, 4.69) is 10.3 Å². The number of ether oxygens (including phenoxy) is 2. The van der Waals surface area contributed by atoms with E-state index in [1.165, 1.54) is 4.90 Å². The number of anilines is 1. The summed E-state index contributed by atoms with van der Waals surface area (Å²) in [6.07, 6.45) is 3.45. The van der Waals surface area contributed by atoms with Gasteiger partial charge < -0.3 is 19.7 Å². The molecule has 1 N–H and O–H groups in total. The largest absolute Gasteiger partial charge is 0.489 e. The summed E-state index contributed by atoms with van der Waals surface area (Å²) in [6.45, 7) is 0.296. The summed E-state index contributed by atoms with van der Waals surface area (Å²) in [5.74, 6) is 0.638. The lowest BCUT2D eigenvalue weighted by atomic mass is 10.2. The predicted molar refractivity (Wildman–Crippen MR) is 114 cm³/mol. The molecule has 2 aromatic carbocycles.